The quantitative estimate of drug-likeness (QED) is 0.464. The van der Waals surface area contributed by atoms with E-state index in [2.05, 4.69) is 25.8 Å². The molecule has 1 saturated carbocycles. The number of anilines is 1. The maximum Gasteiger partial charge on any atom is 0.255 e. The van der Waals surface area contributed by atoms with E-state index in [1.165, 1.54) is 28.3 Å². The number of hydrogen-bond acceptors (Lipinski definition) is 6. The van der Waals surface area contributed by atoms with Gasteiger partial charge in [0.15, 0.2) is 5.13 Å². The standard InChI is InChI=1S/C21H18ClFN6OS/c22-13-3-1-6-17(29-24-9-10-25-29)19(13)20(30)26-14-4-2-5-15(14)27-21-28-16-8-7-12(23)11-18(16)31-21/h1,3,6-11,14-15H,2,4-5H2,(H,26,30)(H,27,28)/t14-,15+/m1/s1. The summed E-state index contributed by atoms with van der Waals surface area (Å²) in [5.74, 6) is -0.557. The van der Waals surface area contributed by atoms with Crippen molar-refractivity contribution in [3.63, 3.8) is 0 Å². The predicted molar refractivity (Wildman–Crippen MR) is 118 cm³/mol. The van der Waals surface area contributed by atoms with Crippen molar-refractivity contribution in [1.82, 2.24) is 25.3 Å². The Kier molecular flexibility index (Phi) is 5.29. The third kappa shape index (κ3) is 3.98. The molecule has 1 aliphatic rings. The van der Waals surface area contributed by atoms with Gasteiger partial charge in [0, 0.05) is 12.1 Å². The molecule has 10 heteroatoms. The number of thiazole rings is 1. The second kappa shape index (κ2) is 8.24. The van der Waals surface area contributed by atoms with Crippen molar-refractivity contribution in [3.05, 3.63) is 65.2 Å². The molecule has 158 valence electrons. The van der Waals surface area contributed by atoms with E-state index in [4.69, 9.17) is 11.6 Å². The van der Waals surface area contributed by atoms with Crippen molar-refractivity contribution in [1.29, 1.82) is 0 Å². The van der Waals surface area contributed by atoms with Crippen LogP contribution in [0, 0.1) is 5.82 Å². The van der Waals surface area contributed by atoms with Crippen molar-refractivity contribution in [2.45, 2.75) is 31.3 Å². The Balaban J connectivity index is 1.35. The number of carbonyl (C=O) groups is 1. The first kappa shape index (κ1) is 19.9. The third-order valence-corrected chi connectivity index (χ3v) is 6.61. The number of fused-ring (bicyclic) bond motifs is 1. The molecule has 2 aromatic carbocycles. The zero-order valence-corrected chi connectivity index (χ0v) is 17.8. The topological polar surface area (TPSA) is 84.7 Å². The third-order valence-electron chi connectivity index (χ3n) is 5.34. The summed E-state index contributed by atoms with van der Waals surface area (Å²) in [4.78, 5) is 19.1. The summed E-state index contributed by atoms with van der Waals surface area (Å²) in [5, 5.41) is 15.8. The molecule has 2 atom stereocenters. The molecule has 1 amide bonds. The molecule has 0 aliphatic heterocycles. The molecule has 2 N–H and O–H groups in total. The minimum Gasteiger partial charge on any atom is -0.357 e. The number of hydrogen-bond donors (Lipinski definition) is 2. The molecule has 1 aliphatic carbocycles. The zero-order valence-electron chi connectivity index (χ0n) is 16.3. The molecule has 7 nitrogen and oxygen atoms in total. The predicted octanol–water partition coefficient (Wildman–Crippen LogP) is 4.43. The fraction of sp³-hybridized carbons (Fsp3) is 0.238. The van der Waals surface area contributed by atoms with Crippen molar-refractivity contribution < 1.29 is 9.18 Å². The number of amides is 1. The van der Waals surface area contributed by atoms with E-state index >= 15 is 0 Å². The summed E-state index contributed by atoms with van der Waals surface area (Å²) in [7, 11) is 0. The minimum atomic E-state index is -0.282. The van der Waals surface area contributed by atoms with Crippen LogP contribution < -0.4 is 10.6 Å². The van der Waals surface area contributed by atoms with E-state index in [-0.39, 0.29) is 23.8 Å². The Hall–Kier alpha value is -3.04. The van der Waals surface area contributed by atoms with Crippen LogP contribution in [0.1, 0.15) is 29.6 Å². The molecule has 2 aromatic heterocycles. The molecule has 0 radical (unpaired) electrons. The van der Waals surface area contributed by atoms with Gasteiger partial charge < -0.3 is 10.6 Å². The number of carbonyl (C=O) groups excluding carboxylic acids is 1. The Morgan fingerprint density at radius 2 is 1.97 bits per heavy atom. The fourth-order valence-corrected chi connectivity index (χ4v) is 5.12. The van der Waals surface area contributed by atoms with E-state index in [0.29, 0.717) is 21.4 Å². The summed E-state index contributed by atoms with van der Waals surface area (Å²) < 4.78 is 14.3. The molecule has 2 heterocycles. The summed E-state index contributed by atoms with van der Waals surface area (Å²) in [6.45, 7) is 0. The van der Waals surface area contributed by atoms with Crippen molar-refractivity contribution in [2.75, 3.05) is 5.32 Å². The van der Waals surface area contributed by atoms with Crippen LogP contribution in [0.3, 0.4) is 0 Å². The largest absolute Gasteiger partial charge is 0.357 e. The van der Waals surface area contributed by atoms with Gasteiger partial charge in [0.25, 0.3) is 5.91 Å². The van der Waals surface area contributed by atoms with Crippen LogP contribution >= 0.6 is 22.9 Å². The second-order valence-corrected chi connectivity index (χ2v) is 8.78. The highest BCUT2D eigenvalue weighted by molar-refractivity contribution is 7.22. The number of nitrogens with zero attached hydrogens (tertiary/aromatic N) is 4. The molecule has 4 aromatic rings. The lowest BCUT2D eigenvalue weighted by Gasteiger charge is -2.22. The molecule has 31 heavy (non-hydrogen) atoms. The van der Waals surface area contributed by atoms with Crippen LogP contribution in [0.5, 0.6) is 0 Å². The van der Waals surface area contributed by atoms with Crippen LogP contribution in [-0.2, 0) is 0 Å². The number of rotatable bonds is 5. The van der Waals surface area contributed by atoms with Crippen LogP contribution in [0.15, 0.2) is 48.8 Å². The zero-order chi connectivity index (χ0) is 21.4. The first-order valence-corrected chi connectivity index (χ1v) is 11.1. The van der Waals surface area contributed by atoms with Gasteiger partial charge in [-0.2, -0.15) is 15.0 Å². The van der Waals surface area contributed by atoms with Gasteiger partial charge in [-0.1, -0.05) is 29.0 Å². The van der Waals surface area contributed by atoms with E-state index in [9.17, 15) is 9.18 Å². The van der Waals surface area contributed by atoms with Crippen LogP contribution in [-0.4, -0.2) is 38.0 Å². The average molecular weight is 457 g/mol. The Morgan fingerprint density at radius 1 is 1.16 bits per heavy atom. The van der Waals surface area contributed by atoms with E-state index in [0.717, 1.165) is 29.5 Å². The average Bonchev–Trinajstić information content (AvgIpc) is 3.49. The molecule has 5 rings (SSSR count). The van der Waals surface area contributed by atoms with Crippen molar-refractivity contribution >= 4 is 44.2 Å². The lowest BCUT2D eigenvalue weighted by atomic mass is 10.1. The molecule has 0 spiro atoms. The minimum absolute atomic E-state index is 0.0168. The fourth-order valence-electron chi connectivity index (χ4n) is 3.91. The summed E-state index contributed by atoms with van der Waals surface area (Å²) in [5.41, 5.74) is 1.60. The summed E-state index contributed by atoms with van der Waals surface area (Å²) >= 11 is 7.77. The lowest BCUT2D eigenvalue weighted by Crippen LogP contribution is -2.43. The number of aromatic nitrogens is 4. The summed E-state index contributed by atoms with van der Waals surface area (Å²) in [6.07, 6.45) is 5.79. The van der Waals surface area contributed by atoms with E-state index in [1.54, 1.807) is 36.7 Å². The molecule has 0 unspecified atom stereocenters. The highest BCUT2D eigenvalue weighted by atomic mass is 35.5. The van der Waals surface area contributed by atoms with Crippen LogP contribution in [0.25, 0.3) is 15.9 Å². The van der Waals surface area contributed by atoms with Crippen molar-refractivity contribution in [2.24, 2.45) is 0 Å². The monoisotopic (exact) mass is 456 g/mol. The first-order valence-electron chi connectivity index (χ1n) is 9.87. The Labute approximate surface area is 186 Å². The second-order valence-electron chi connectivity index (χ2n) is 7.35. The van der Waals surface area contributed by atoms with E-state index in [1.807, 2.05) is 0 Å². The van der Waals surface area contributed by atoms with E-state index < -0.39 is 0 Å². The Bertz CT molecular complexity index is 1240. The number of benzene rings is 2. The van der Waals surface area contributed by atoms with Gasteiger partial charge >= 0.3 is 0 Å². The lowest BCUT2D eigenvalue weighted by molar-refractivity contribution is 0.0935. The molecular weight excluding hydrogens is 439 g/mol. The highest BCUT2D eigenvalue weighted by Gasteiger charge is 2.31. The number of halogens is 2. The maximum absolute atomic E-state index is 13.5. The van der Waals surface area contributed by atoms with Gasteiger partial charge in [-0.15, -0.1) is 0 Å². The number of nitrogens with one attached hydrogen (secondary N) is 2. The summed E-state index contributed by atoms with van der Waals surface area (Å²) in [6, 6.07) is 9.67. The van der Waals surface area contributed by atoms with Gasteiger partial charge in [0.2, 0.25) is 0 Å². The molecular formula is C21H18ClFN6OS. The van der Waals surface area contributed by atoms with Gasteiger partial charge in [-0.05, 0) is 49.6 Å². The van der Waals surface area contributed by atoms with Gasteiger partial charge in [0.05, 0.1) is 38.9 Å². The van der Waals surface area contributed by atoms with Crippen LogP contribution in [0.2, 0.25) is 5.02 Å². The van der Waals surface area contributed by atoms with Gasteiger partial charge in [0.1, 0.15) is 5.82 Å². The smallest absolute Gasteiger partial charge is 0.255 e. The normalized spacial score (nSPS) is 18.4. The van der Waals surface area contributed by atoms with Crippen molar-refractivity contribution in [3.8, 4) is 5.69 Å². The highest BCUT2D eigenvalue weighted by Crippen LogP contribution is 2.30. The van der Waals surface area contributed by atoms with Gasteiger partial charge in [-0.3, -0.25) is 4.79 Å². The molecule has 1 fully saturated rings. The van der Waals surface area contributed by atoms with Gasteiger partial charge in [-0.25, -0.2) is 9.37 Å². The molecule has 0 saturated heterocycles. The maximum atomic E-state index is 13.5. The first-order chi connectivity index (χ1) is 15.1. The van der Waals surface area contributed by atoms with Crippen LogP contribution in [0.4, 0.5) is 9.52 Å². The Morgan fingerprint density at radius 3 is 2.81 bits per heavy atom. The molecule has 0 bridgehead atoms. The SMILES string of the molecule is O=C(N[C@@H]1CCC[C@@H]1Nc1nc2ccc(F)cc2s1)c1c(Cl)cccc1-n1nccn1.